The molecule has 1 fully saturated rings. The van der Waals surface area contributed by atoms with Gasteiger partial charge in [-0.25, -0.2) is 9.59 Å². The Kier molecular flexibility index (Phi) is 4.21. The van der Waals surface area contributed by atoms with Gasteiger partial charge >= 0.3 is 12.1 Å². The Hall–Kier alpha value is -2.04. The Balaban J connectivity index is 2.08. The molecule has 5 heteroatoms. The maximum absolute atomic E-state index is 11.9. The number of alkyl carbamates (subject to hydrolysis) is 1. The number of carbonyl (C=O) groups is 2. The van der Waals surface area contributed by atoms with Crippen molar-refractivity contribution in [3.05, 3.63) is 35.4 Å². The first kappa shape index (κ1) is 15.4. The predicted octanol–water partition coefficient (Wildman–Crippen LogP) is 3.36. The minimum Gasteiger partial charge on any atom is -0.478 e. The summed E-state index contributed by atoms with van der Waals surface area (Å²) in [5, 5.41) is 11.8. The Labute approximate surface area is 124 Å². The maximum atomic E-state index is 11.9. The van der Waals surface area contributed by atoms with Gasteiger partial charge in [0.05, 0.1) is 11.6 Å². The molecule has 1 amide bonds. The summed E-state index contributed by atoms with van der Waals surface area (Å²) in [5.41, 5.74) is 0.615. The lowest BCUT2D eigenvalue weighted by atomic mass is 10.0. The van der Waals surface area contributed by atoms with Crippen molar-refractivity contribution >= 4 is 12.1 Å². The van der Waals surface area contributed by atoms with Gasteiger partial charge in [-0.15, -0.1) is 0 Å². The fourth-order valence-corrected chi connectivity index (χ4v) is 2.17. The molecular formula is C16H21NO4. The summed E-state index contributed by atoms with van der Waals surface area (Å²) in [6.07, 6.45) is 1.67. The Morgan fingerprint density at radius 2 is 1.81 bits per heavy atom. The Bertz CT molecular complexity index is 526. The number of ether oxygens (including phenoxy) is 1. The molecule has 21 heavy (non-hydrogen) atoms. The van der Waals surface area contributed by atoms with E-state index in [1.54, 1.807) is 24.3 Å². The van der Waals surface area contributed by atoms with E-state index in [-0.39, 0.29) is 11.6 Å². The fourth-order valence-electron chi connectivity index (χ4n) is 2.17. The molecule has 0 unspecified atom stereocenters. The first-order valence-electron chi connectivity index (χ1n) is 7.09. The molecule has 5 nitrogen and oxygen atoms in total. The molecular weight excluding hydrogens is 270 g/mol. The van der Waals surface area contributed by atoms with Crippen molar-refractivity contribution in [1.29, 1.82) is 0 Å². The number of aromatic carboxylic acids is 1. The van der Waals surface area contributed by atoms with E-state index in [4.69, 9.17) is 9.84 Å². The summed E-state index contributed by atoms with van der Waals surface area (Å²) >= 11 is 0. The molecule has 0 heterocycles. The molecule has 0 aliphatic heterocycles. The van der Waals surface area contributed by atoms with Crippen molar-refractivity contribution in [2.24, 2.45) is 5.92 Å². The summed E-state index contributed by atoms with van der Waals surface area (Å²) in [6.45, 7) is 5.46. The topological polar surface area (TPSA) is 75.6 Å². The van der Waals surface area contributed by atoms with Crippen molar-refractivity contribution in [2.45, 2.75) is 45.3 Å². The van der Waals surface area contributed by atoms with Crippen LogP contribution in [0.4, 0.5) is 4.79 Å². The predicted molar refractivity (Wildman–Crippen MR) is 78.2 cm³/mol. The monoisotopic (exact) mass is 291 g/mol. The summed E-state index contributed by atoms with van der Waals surface area (Å²) in [5.74, 6) is -0.558. The van der Waals surface area contributed by atoms with Crippen molar-refractivity contribution in [2.75, 3.05) is 0 Å². The molecule has 1 aromatic carbocycles. The highest BCUT2D eigenvalue weighted by molar-refractivity contribution is 5.87. The molecule has 1 aliphatic rings. The van der Waals surface area contributed by atoms with Gasteiger partial charge in [-0.3, -0.25) is 0 Å². The van der Waals surface area contributed by atoms with Gasteiger partial charge in [0.2, 0.25) is 0 Å². The number of hydrogen-bond acceptors (Lipinski definition) is 3. The maximum Gasteiger partial charge on any atom is 0.408 e. The van der Waals surface area contributed by atoms with E-state index < -0.39 is 17.7 Å². The first-order valence-corrected chi connectivity index (χ1v) is 7.09. The fraction of sp³-hybridized carbons (Fsp3) is 0.500. The number of benzene rings is 1. The third-order valence-electron chi connectivity index (χ3n) is 3.28. The summed E-state index contributed by atoms with van der Waals surface area (Å²) in [6, 6.07) is 6.50. The molecule has 0 aromatic heterocycles. The highest BCUT2D eigenvalue weighted by atomic mass is 16.6. The van der Waals surface area contributed by atoms with Crippen LogP contribution >= 0.6 is 0 Å². The van der Waals surface area contributed by atoms with Crippen molar-refractivity contribution in [3.63, 3.8) is 0 Å². The quantitative estimate of drug-likeness (QED) is 0.892. The molecule has 0 radical (unpaired) electrons. The van der Waals surface area contributed by atoms with E-state index in [0.717, 1.165) is 18.4 Å². The zero-order valence-electron chi connectivity index (χ0n) is 12.6. The molecule has 0 spiro atoms. The highest BCUT2D eigenvalue weighted by Gasteiger charge is 2.34. The van der Waals surface area contributed by atoms with Gasteiger partial charge in [-0.1, -0.05) is 12.1 Å². The van der Waals surface area contributed by atoms with Crippen molar-refractivity contribution in [3.8, 4) is 0 Å². The molecule has 2 N–H and O–H groups in total. The zero-order chi connectivity index (χ0) is 15.6. The lowest BCUT2D eigenvalue weighted by molar-refractivity contribution is 0.0496. The Morgan fingerprint density at radius 1 is 1.24 bits per heavy atom. The van der Waals surface area contributed by atoms with E-state index in [1.807, 2.05) is 20.8 Å². The average Bonchev–Trinajstić information content (AvgIpc) is 3.18. The average molecular weight is 291 g/mol. The lowest BCUT2D eigenvalue weighted by Crippen LogP contribution is -2.35. The van der Waals surface area contributed by atoms with Crippen LogP contribution in [-0.4, -0.2) is 22.8 Å². The van der Waals surface area contributed by atoms with Gasteiger partial charge in [0.1, 0.15) is 5.60 Å². The van der Waals surface area contributed by atoms with E-state index in [9.17, 15) is 9.59 Å². The van der Waals surface area contributed by atoms with Crippen LogP contribution in [0.5, 0.6) is 0 Å². The minimum absolute atomic E-state index is 0.123. The normalized spacial score (nSPS) is 16.1. The largest absolute Gasteiger partial charge is 0.478 e. The number of nitrogens with one attached hydrogen (secondary N) is 1. The zero-order valence-corrected chi connectivity index (χ0v) is 12.6. The van der Waals surface area contributed by atoms with Gasteiger partial charge < -0.3 is 15.2 Å². The van der Waals surface area contributed by atoms with Crippen LogP contribution in [0.2, 0.25) is 0 Å². The third-order valence-corrected chi connectivity index (χ3v) is 3.28. The number of carboxylic acids is 1. The SMILES string of the molecule is CC(C)(C)OC(=O)N[C@H](c1ccc(C(=O)O)cc1)C1CC1. The van der Waals surface area contributed by atoms with Crippen LogP contribution in [0, 0.1) is 5.92 Å². The number of hydrogen-bond donors (Lipinski definition) is 2. The van der Waals surface area contributed by atoms with E-state index in [1.165, 1.54) is 0 Å². The first-order chi connectivity index (χ1) is 9.76. The number of carboxylic acid groups (broad SMARTS) is 1. The van der Waals surface area contributed by atoms with Gasteiger partial charge in [-0.2, -0.15) is 0 Å². The van der Waals surface area contributed by atoms with Crippen LogP contribution in [0.1, 0.15) is 55.6 Å². The number of amides is 1. The van der Waals surface area contributed by atoms with Crippen LogP contribution in [0.15, 0.2) is 24.3 Å². The van der Waals surface area contributed by atoms with E-state index in [0.29, 0.717) is 5.92 Å². The van der Waals surface area contributed by atoms with Crippen molar-refractivity contribution < 1.29 is 19.4 Å². The molecule has 0 bridgehead atoms. The van der Waals surface area contributed by atoms with Gasteiger partial charge in [0.15, 0.2) is 0 Å². The van der Waals surface area contributed by atoms with Crippen molar-refractivity contribution in [1.82, 2.24) is 5.32 Å². The molecule has 2 rings (SSSR count). The molecule has 0 saturated heterocycles. The minimum atomic E-state index is -0.954. The second-order valence-corrected chi connectivity index (χ2v) is 6.39. The molecule has 114 valence electrons. The van der Waals surface area contributed by atoms with Crippen LogP contribution < -0.4 is 5.32 Å². The van der Waals surface area contributed by atoms with Crippen LogP contribution in [-0.2, 0) is 4.74 Å². The molecule has 1 aromatic rings. The molecule has 1 atom stereocenters. The standard InChI is InChI=1S/C16H21NO4/c1-16(2,3)21-15(20)17-13(10-4-5-10)11-6-8-12(9-7-11)14(18)19/h6-10,13H,4-5H2,1-3H3,(H,17,20)(H,18,19)/t13-/m0/s1. The van der Waals surface area contributed by atoms with Gasteiger partial charge in [0, 0.05) is 0 Å². The summed E-state index contributed by atoms with van der Waals surface area (Å²) in [4.78, 5) is 22.8. The molecule has 1 aliphatic carbocycles. The lowest BCUT2D eigenvalue weighted by Gasteiger charge is -2.24. The smallest absolute Gasteiger partial charge is 0.408 e. The van der Waals surface area contributed by atoms with Crippen LogP contribution in [0.25, 0.3) is 0 Å². The number of carbonyl (C=O) groups excluding carboxylic acids is 1. The number of rotatable bonds is 4. The summed E-state index contributed by atoms with van der Waals surface area (Å²) in [7, 11) is 0. The van der Waals surface area contributed by atoms with Gasteiger partial charge in [0.25, 0.3) is 0 Å². The van der Waals surface area contributed by atoms with Gasteiger partial charge in [-0.05, 0) is 57.2 Å². The Morgan fingerprint density at radius 3 is 2.24 bits per heavy atom. The second-order valence-electron chi connectivity index (χ2n) is 6.39. The highest BCUT2D eigenvalue weighted by Crippen LogP contribution is 2.41. The summed E-state index contributed by atoms with van der Waals surface area (Å²) < 4.78 is 5.29. The third kappa shape index (κ3) is 4.48. The second kappa shape index (κ2) is 5.76. The van der Waals surface area contributed by atoms with Crippen LogP contribution in [0.3, 0.4) is 0 Å². The van der Waals surface area contributed by atoms with E-state index in [2.05, 4.69) is 5.32 Å². The molecule has 1 saturated carbocycles. The van der Waals surface area contributed by atoms with E-state index >= 15 is 0 Å².